The van der Waals surface area contributed by atoms with Crippen molar-refractivity contribution in [3.63, 3.8) is 0 Å². The lowest BCUT2D eigenvalue weighted by molar-refractivity contribution is 0.0340. The Hall–Kier alpha value is -2.61. The van der Waals surface area contributed by atoms with Gasteiger partial charge in [0.1, 0.15) is 5.82 Å². The molecule has 158 valence electrons. The molecule has 1 atom stereocenters. The van der Waals surface area contributed by atoms with Crippen molar-refractivity contribution in [2.75, 3.05) is 26.3 Å². The Bertz CT molecular complexity index is 985. The summed E-state index contributed by atoms with van der Waals surface area (Å²) in [5.41, 5.74) is 3.75. The third kappa shape index (κ3) is 4.92. The van der Waals surface area contributed by atoms with E-state index in [1.54, 1.807) is 19.1 Å². The molecule has 1 aliphatic heterocycles. The number of hydrogen-bond donors (Lipinski definition) is 1. The van der Waals surface area contributed by atoms with Gasteiger partial charge in [-0.3, -0.25) is 4.90 Å². The van der Waals surface area contributed by atoms with Gasteiger partial charge >= 0.3 is 0 Å². The fourth-order valence-electron chi connectivity index (χ4n) is 3.50. The maximum Gasteiger partial charge on any atom is 0.243 e. The summed E-state index contributed by atoms with van der Waals surface area (Å²) >= 11 is 0. The van der Waals surface area contributed by atoms with Gasteiger partial charge in [-0.1, -0.05) is 41.6 Å². The monoisotopic (exact) mass is 410 g/mol. The lowest BCUT2D eigenvalue weighted by Crippen LogP contribution is -2.36. The molecule has 7 heteroatoms. The molecule has 2 aromatic carbocycles. The van der Waals surface area contributed by atoms with E-state index in [-0.39, 0.29) is 11.9 Å². The van der Waals surface area contributed by atoms with Crippen molar-refractivity contribution in [1.82, 2.24) is 20.4 Å². The van der Waals surface area contributed by atoms with Gasteiger partial charge in [0, 0.05) is 31.7 Å². The molecule has 1 aliphatic rings. The molecule has 0 spiro atoms. The van der Waals surface area contributed by atoms with Crippen molar-refractivity contribution in [1.29, 1.82) is 0 Å². The second kappa shape index (κ2) is 9.47. The Balaban J connectivity index is 1.40. The van der Waals surface area contributed by atoms with Gasteiger partial charge in [0.25, 0.3) is 0 Å². The third-order valence-corrected chi connectivity index (χ3v) is 5.46. The highest BCUT2D eigenvalue weighted by molar-refractivity contribution is 5.55. The number of benzene rings is 2. The molecule has 0 aliphatic carbocycles. The van der Waals surface area contributed by atoms with Crippen molar-refractivity contribution in [2.24, 2.45) is 0 Å². The normalized spacial score (nSPS) is 16.0. The molecule has 1 N–H and O–H groups in total. The van der Waals surface area contributed by atoms with Crippen LogP contribution in [-0.2, 0) is 17.8 Å². The first kappa shape index (κ1) is 20.7. The molecule has 4 rings (SSSR count). The van der Waals surface area contributed by atoms with Crippen molar-refractivity contribution < 1.29 is 13.7 Å². The lowest BCUT2D eigenvalue weighted by Gasteiger charge is -2.27. The Morgan fingerprint density at radius 3 is 2.67 bits per heavy atom. The zero-order chi connectivity index (χ0) is 20.9. The Labute approximate surface area is 176 Å². The predicted octanol–water partition coefficient (Wildman–Crippen LogP) is 3.87. The summed E-state index contributed by atoms with van der Waals surface area (Å²) in [5.74, 6) is 0.601. The van der Waals surface area contributed by atoms with E-state index in [1.807, 2.05) is 6.92 Å². The summed E-state index contributed by atoms with van der Waals surface area (Å²) in [6.07, 6.45) is 0. The van der Waals surface area contributed by atoms with Crippen LogP contribution in [0.1, 0.15) is 35.5 Å². The molecule has 3 aromatic rings. The Morgan fingerprint density at radius 2 is 1.90 bits per heavy atom. The third-order valence-electron chi connectivity index (χ3n) is 5.46. The molecular weight excluding hydrogens is 383 g/mol. The smallest absolute Gasteiger partial charge is 0.243 e. The maximum absolute atomic E-state index is 13.8. The van der Waals surface area contributed by atoms with Gasteiger partial charge in [0.2, 0.25) is 11.7 Å². The number of rotatable bonds is 7. The standard InChI is InChI=1S/C23H27FN4O2/c1-16-7-8-18(13-21(16)24)22-26-23(30-27-22)17(2)25-14-19-5-3-4-6-20(19)15-28-9-11-29-12-10-28/h3-8,13,17,25H,9-12,14-15H2,1-2H3/t17-/m1/s1. The second-order valence-electron chi connectivity index (χ2n) is 7.68. The fraction of sp³-hybridized carbons (Fsp3) is 0.391. The van der Waals surface area contributed by atoms with Gasteiger partial charge in [-0.05, 0) is 36.6 Å². The summed E-state index contributed by atoms with van der Waals surface area (Å²) < 4.78 is 24.7. The SMILES string of the molecule is Cc1ccc(-c2noc([C@@H](C)NCc3ccccc3CN3CCOCC3)n2)cc1F. The van der Waals surface area contributed by atoms with E-state index in [2.05, 4.69) is 44.6 Å². The van der Waals surface area contributed by atoms with E-state index >= 15 is 0 Å². The van der Waals surface area contributed by atoms with Crippen LogP contribution in [-0.4, -0.2) is 41.3 Å². The highest BCUT2D eigenvalue weighted by atomic mass is 19.1. The first-order chi connectivity index (χ1) is 14.6. The number of aromatic nitrogens is 2. The van der Waals surface area contributed by atoms with Crippen molar-refractivity contribution in [3.05, 3.63) is 70.9 Å². The Kier molecular flexibility index (Phi) is 6.52. The largest absolute Gasteiger partial charge is 0.379 e. The molecular formula is C23H27FN4O2. The summed E-state index contributed by atoms with van der Waals surface area (Å²) in [5, 5.41) is 7.48. The molecule has 1 fully saturated rings. The maximum atomic E-state index is 13.8. The fourth-order valence-corrected chi connectivity index (χ4v) is 3.50. The highest BCUT2D eigenvalue weighted by Crippen LogP contribution is 2.21. The van der Waals surface area contributed by atoms with Crippen LogP contribution in [0.2, 0.25) is 0 Å². The molecule has 1 saturated heterocycles. The number of nitrogens with one attached hydrogen (secondary N) is 1. The number of hydrogen-bond acceptors (Lipinski definition) is 6. The summed E-state index contributed by atoms with van der Waals surface area (Å²) in [6, 6.07) is 13.3. The number of aryl methyl sites for hydroxylation is 1. The number of ether oxygens (including phenoxy) is 1. The van der Waals surface area contributed by atoms with Crippen molar-refractivity contribution in [2.45, 2.75) is 33.0 Å². The van der Waals surface area contributed by atoms with Gasteiger partial charge in [-0.25, -0.2) is 4.39 Å². The average Bonchev–Trinajstić information content (AvgIpc) is 3.26. The van der Waals surface area contributed by atoms with Crippen LogP contribution >= 0.6 is 0 Å². The minimum absolute atomic E-state index is 0.127. The number of nitrogens with zero attached hydrogens (tertiary/aromatic N) is 3. The molecule has 30 heavy (non-hydrogen) atoms. The zero-order valence-electron chi connectivity index (χ0n) is 17.4. The predicted molar refractivity (Wildman–Crippen MR) is 112 cm³/mol. The number of morpholine rings is 1. The van der Waals surface area contributed by atoms with Crippen LogP contribution in [0.25, 0.3) is 11.4 Å². The summed E-state index contributed by atoms with van der Waals surface area (Å²) in [6.45, 7) is 8.83. The van der Waals surface area contributed by atoms with Gasteiger partial charge in [-0.15, -0.1) is 0 Å². The van der Waals surface area contributed by atoms with Crippen LogP contribution in [0.3, 0.4) is 0 Å². The molecule has 2 heterocycles. The van der Waals surface area contributed by atoms with Gasteiger partial charge in [-0.2, -0.15) is 4.98 Å². The van der Waals surface area contributed by atoms with Crippen LogP contribution in [0.5, 0.6) is 0 Å². The average molecular weight is 410 g/mol. The topological polar surface area (TPSA) is 63.4 Å². The lowest BCUT2D eigenvalue weighted by atomic mass is 10.1. The molecule has 0 saturated carbocycles. The van der Waals surface area contributed by atoms with Crippen molar-refractivity contribution >= 4 is 0 Å². The van der Waals surface area contributed by atoms with E-state index in [1.165, 1.54) is 17.2 Å². The highest BCUT2D eigenvalue weighted by Gasteiger charge is 2.17. The molecule has 0 unspecified atom stereocenters. The molecule has 0 amide bonds. The second-order valence-corrected chi connectivity index (χ2v) is 7.68. The van der Waals surface area contributed by atoms with E-state index in [0.717, 1.165) is 32.8 Å². The van der Waals surface area contributed by atoms with Crippen LogP contribution in [0.15, 0.2) is 47.0 Å². The first-order valence-electron chi connectivity index (χ1n) is 10.3. The summed E-state index contributed by atoms with van der Waals surface area (Å²) in [7, 11) is 0. The molecule has 0 bridgehead atoms. The quantitative estimate of drug-likeness (QED) is 0.638. The minimum Gasteiger partial charge on any atom is -0.379 e. The molecule has 6 nitrogen and oxygen atoms in total. The van der Waals surface area contributed by atoms with Gasteiger partial charge in [0.05, 0.1) is 19.3 Å². The zero-order valence-corrected chi connectivity index (χ0v) is 17.4. The van der Waals surface area contributed by atoms with E-state index < -0.39 is 0 Å². The van der Waals surface area contributed by atoms with Crippen LogP contribution in [0, 0.1) is 12.7 Å². The van der Waals surface area contributed by atoms with Crippen LogP contribution < -0.4 is 5.32 Å². The summed E-state index contributed by atoms with van der Waals surface area (Å²) in [4.78, 5) is 6.86. The van der Waals surface area contributed by atoms with E-state index in [9.17, 15) is 4.39 Å². The molecule has 0 radical (unpaired) electrons. The molecule has 1 aromatic heterocycles. The Morgan fingerprint density at radius 1 is 1.13 bits per heavy atom. The van der Waals surface area contributed by atoms with E-state index in [4.69, 9.17) is 9.26 Å². The van der Waals surface area contributed by atoms with Crippen LogP contribution in [0.4, 0.5) is 4.39 Å². The van der Waals surface area contributed by atoms with Gasteiger partial charge in [0.15, 0.2) is 0 Å². The van der Waals surface area contributed by atoms with Gasteiger partial charge < -0.3 is 14.6 Å². The van der Waals surface area contributed by atoms with Crippen molar-refractivity contribution in [3.8, 4) is 11.4 Å². The van der Waals surface area contributed by atoms with E-state index in [0.29, 0.717) is 29.4 Å². The number of halogens is 1. The minimum atomic E-state index is -0.276. The first-order valence-corrected chi connectivity index (χ1v) is 10.3.